The number of hydrogen-bond donors (Lipinski definition) is 2. The summed E-state index contributed by atoms with van der Waals surface area (Å²) in [4.78, 5) is 10.2. The fourth-order valence-electron chi connectivity index (χ4n) is 0.878. The van der Waals surface area contributed by atoms with Gasteiger partial charge in [0.05, 0.1) is 0 Å². The lowest BCUT2D eigenvalue weighted by Crippen LogP contribution is -1.88. The van der Waals surface area contributed by atoms with Gasteiger partial charge in [0.25, 0.3) is 0 Å². The van der Waals surface area contributed by atoms with E-state index in [1.807, 2.05) is 0 Å². The summed E-state index contributed by atoms with van der Waals surface area (Å²) >= 11 is 3.05. The van der Waals surface area contributed by atoms with Gasteiger partial charge in [-0.05, 0) is 18.2 Å². The quantitative estimate of drug-likeness (QED) is 0.803. The zero-order valence-electron chi connectivity index (χ0n) is 6.87. The minimum atomic E-state index is -1.18. The summed E-state index contributed by atoms with van der Waals surface area (Å²) in [7, 11) is 0. The summed E-state index contributed by atoms with van der Waals surface area (Å²) in [6.07, 6.45) is 1.87. The van der Waals surface area contributed by atoms with E-state index in [0.29, 0.717) is 4.47 Å². The third-order valence-corrected chi connectivity index (χ3v) is 1.91. The van der Waals surface area contributed by atoms with Crippen LogP contribution in [0.15, 0.2) is 22.7 Å². The van der Waals surface area contributed by atoms with Crippen LogP contribution in [-0.4, -0.2) is 16.2 Å². The van der Waals surface area contributed by atoms with Gasteiger partial charge in [0.15, 0.2) is 11.6 Å². The largest absolute Gasteiger partial charge is 0.505 e. The van der Waals surface area contributed by atoms with Crippen molar-refractivity contribution in [2.45, 2.75) is 0 Å². The highest BCUT2D eigenvalue weighted by Crippen LogP contribution is 2.25. The van der Waals surface area contributed by atoms with Crippen LogP contribution in [0.1, 0.15) is 5.56 Å². The Labute approximate surface area is 87.6 Å². The fourth-order valence-corrected chi connectivity index (χ4v) is 1.34. The minimum Gasteiger partial charge on any atom is -0.505 e. The maximum atomic E-state index is 13.1. The van der Waals surface area contributed by atoms with E-state index in [-0.39, 0.29) is 5.56 Å². The predicted molar refractivity (Wildman–Crippen MR) is 52.4 cm³/mol. The van der Waals surface area contributed by atoms with Gasteiger partial charge in [0, 0.05) is 16.1 Å². The van der Waals surface area contributed by atoms with Crippen molar-refractivity contribution in [3.63, 3.8) is 0 Å². The highest BCUT2D eigenvalue weighted by Gasteiger charge is 2.06. The van der Waals surface area contributed by atoms with Crippen molar-refractivity contribution in [3.8, 4) is 5.75 Å². The first-order valence-corrected chi connectivity index (χ1v) is 4.39. The van der Waals surface area contributed by atoms with Gasteiger partial charge >= 0.3 is 5.97 Å². The van der Waals surface area contributed by atoms with Gasteiger partial charge in [0.2, 0.25) is 0 Å². The maximum Gasteiger partial charge on any atom is 0.328 e. The number of rotatable bonds is 2. The zero-order chi connectivity index (χ0) is 10.7. The van der Waals surface area contributed by atoms with Crippen molar-refractivity contribution in [2.24, 2.45) is 0 Å². The van der Waals surface area contributed by atoms with Crippen molar-refractivity contribution in [1.29, 1.82) is 0 Å². The Kier molecular flexibility index (Phi) is 3.24. The second-order valence-electron chi connectivity index (χ2n) is 2.50. The molecular weight excluding hydrogens is 255 g/mol. The molecule has 2 N–H and O–H groups in total. The molecule has 0 spiro atoms. The van der Waals surface area contributed by atoms with E-state index in [9.17, 15) is 9.18 Å². The lowest BCUT2D eigenvalue weighted by atomic mass is 10.2. The molecule has 14 heavy (non-hydrogen) atoms. The molecule has 0 atom stereocenters. The van der Waals surface area contributed by atoms with E-state index in [2.05, 4.69) is 15.9 Å². The van der Waals surface area contributed by atoms with Crippen LogP contribution in [-0.2, 0) is 4.79 Å². The van der Waals surface area contributed by atoms with Crippen molar-refractivity contribution < 1.29 is 19.4 Å². The van der Waals surface area contributed by atoms with Crippen molar-refractivity contribution in [1.82, 2.24) is 0 Å². The molecule has 1 aromatic carbocycles. The number of halogens is 2. The van der Waals surface area contributed by atoms with Crippen LogP contribution in [0.5, 0.6) is 5.75 Å². The summed E-state index contributed by atoms with van der Waals surface area (Å²) in [6, 6.07) is 2.56. The minimum absolute atomic E-state index is 0.0132. The predicted octanol–water partition coefficient (Wildman–Crippen LogP) is 2.39. The molecule has 0 unspecified atom stereocenters. The van der Waals surface area contributed by atoms with Crippen molar-refractivity contribution >= 4 is 28.0 Å². The molecule has 0 heterocycles. The topological polar surface area (TPSA) is 57.5 Å². The number of carbonyl (C=O) groups is 1. The van der Waals surface area contributed by atoms with E-state index in [1.54, 1.807) is 0 Å². The van der Waals surface area contributed by atoms with Crippen molar-refractivity contribution in [3.05, 3.63) is 34.1 Å². The molecule has 0 aliphatic rings. The number of carboxylic acid groups (broad SMARTS) is 1. The molecule has 1 rings (SSSR count). The average molecular weight is 261 g/mol. The average Bonchev–Trinajstić information content (AvgIpc) is 2.08. The van der Waals surface area contributed by atoms with Gasteiger partial charge in [-0.3, -0.25) is 0 Å². The molecule has 0 aromatic heterocycles. The van der Waals surface area contributed by atoms with E-state index in [1.165, 1.54) is 12.1 Å². The standard InChI is InChI=1S/C9H6BrFO3/c10-6-3-5(1-2-8(13)14)9(11)7(12)4-6/h1-4,12H,(H,13,14)/b2-1+. The molecule has 74 valence electrons. The van der Waals surface area contributed by atoms with E-state index in [4.69, 9.17) is 10.2 Å². The highest BCUT2D eigenvalue weighted by atomic mass is 79.9. The summed E-state index contributed by atoms with van der Waals surface area (Å²) in [6.45, 7) is 0. The number of phenolic OH excluding ortho intramolecular Hbond substituents is 1. The number of aliphatic carboxylic acids is 1. The van der Waals surface area contributed by atoms with E-state index in [0.717, 1.165) is 12.2 Å². The number of benzene rings is 1. The Morgan fingerprint density at radius 3 is 2.71 bits per heavy atom. The van der Waals surface area contributed by atoms with Crippen LogP contribution >= 0.6 is 15.9 Å². The van der Waals surface area contributed by atoms with Gasteiger partial charge in [-0.25, -0.2) is 9.18 Å². The van der Waals surface area contributed by atoms with E-state index >= 15 is 0 Å². The number of carboxylic acids is 1. The van der Waals surface area contributed by atoms with Crippen LogP contribution in [0.3, 0.4) is 0 Å². The fraction of sp³-hybridized carbons (Fsp3) is 0. The second-order valence-corrected chi connectivity index (χ2v) is 3.42. The van der Waals surface area contributed by atoms with Gasteiger partial charge in [0.1, 0.15) is 0 Å². The molecule has 0 bridgehead atoms. The maximum absolute atomic E-state index is 13.1. The van der Waals surface area contributed by atoms with Gasteiger partial charge in [-0.1, -0.05) is 15.9 Å². The van der Waals surface area contributed by atoms with Crippen LogP contribution < -0.4 is 0 Å². The third-order valence-electron chi connectivity index (χ3n) is 1.45. The lowest BCUT2D eigenvalue weighted by molar-refractivity contribution is -0.131. The van der Waals surface area contributed by atoms with Crippen molar-refractivity contribution in [2.75, 3.05) is 0 Å². The third kappa shape index (κ3) is 2.56. The number of aromatic hydroxyl groups is 1. The molecule has 3 nitrogen and oxygen atoms in total. The molecule has 0 saturated carbocycles. The molecule has 0 fully saturated rings. The normalized spacial score (nSPS) is 10.7. The number of hydrogen-bond acceptors (Lipinski definition) is 2. The second kappa shape index (κ2) is 4.23. The summed E-state index contributed by atoms with van der Waals surface area (Å²) < 4.78 is 13.6. The smallest absolute Gasteiger partial charge is 0.328 e. The van der Waals surface area contributed by atoms with Gasteiger partial charge in [-0.15, -0.1) is 0 Å². The molecule has 0 amide bonds. The molecule has 1 aromatic rings. The Morgan fingerprint density at radius 2 is 2.14 bits per heavy atom. The first kappa shape index (κ1) is 10.7. The summed E-state index contributed by atoms with van der Waals surface area (Å²) in [5.41, 5.74) is 0.0132. The molecule has 0 aliphatic carbocycles. The first-order valence-electron chi connectivity index (χ1n) is 3.59. The SMILES string of the molecule is O=C(O)/C=C/c1cc(Br)cc(O)c1F. The molecule has 0 radical (unpaired) electrons. The van der Waals surface area contributed by atoms with Gasteiger partial charge < -0.3 is 10.2 Å². The molecule has 0 aliphatic heterocycles. The van der Waals surface area contributed by atoms with Crippen LogP contribution in [0.25, 0.3) is 6.08 Å². The Bertz CT molecular complexity index is 401. The summed E-state index contributed by atoms with van der Waals surface area (Å²) in [5, 5.41) is 17.4. The number of phenols is 1. The van der Waals surface area contributed by atoms with Crippen LogP contribution in [0.2, 0.25) is 0 Å². The molecule has 0 saturated heterocycles. The van der Waals surface area contributed by atoms with E-state index < -0.39 is 17.5 Å². The lowest BCUT2D eigenvalue weighted by Gasteiger charge is -2.00. The Hall–Kier alpha value is -1.36. The first-order chi connectivity index (χ1) is 6.50. The van der Waals surface area contributed by atoms with Crippen LogP contribution in [0.4, 0.5) is 4.39 Å². The Morgan fingerprint density at radius 1 is 1.50 bits per heavy atom. The van der Waals surface area contributed by atoms with Gasteiger partial charge in [-0.2, -0.15) is 0 Å². The highest BCUT2D eigenvalue weighted by molar-refractivity contribution is 9.10. The molecule has 5 heteroatoms. The summed E-state index contributed by atoms with van der Waals surface area (Å²) in [5.74, 6) is -2.54. The monoisotopic (exact) mass is 260 g/mol. The zero-order valence-corrected chi connectivity index (χ0v) is 8.45. The molecular formula is C9H6BrFO3. The Balaban J connectivity index is 3.14. The van der Waals surface area contributed by atoms with Crippen LogP contribution in [0, 0.1) is 5.82 Å².